The predicted molar refractivity (Wildman–Crippen MR) is 48.4 cm³/mol. The molecule has 12 heavy (non-hydrogen) atoms. The van der Waals surface area contributed by atoms with Crippen LogP contribution in [0.2, 0.25) is 0 Å². The van der Waals surface area contributed by atoms with E-state index >= 15 is 0 Å². The molecule has 0 aromatic carbocycles. The van der Waals surface area contributed by atoms with Gasteiger partial charge in [-0.2, -0.15) is 0 Å². The van der Waals surface area contributed by atoms with E-state index in [-0.39, 0.29) is 0 Å². The smallest absolute Gasteiger partial charge is 0.165 e. The second-order valence-electron chi connectivity index (χ2n) is 2.36. The SMILES string of the molecule is C=C/C=C/CCn1cc(N)nn1. The van der Waals surface area contributed by atoms with E-state index in [1.54, 1.807) is 17.0 Å². The molecule has 0 radical (unpaired) electrons. The van der Waals surface area contributed by atoms with Gasteiger partial charge in [0.1, 0.15) is 0 Å². The quantitative estimate of drug-likeness (QED) is 0.675. The summed E-state index contributed by atoms with van der Waals surface area (Å²) in [5.74, 6) is 0.461. The first-order chi connectivity index (χ1) is 5.83. The minimum Gasteiger partial charge on any atom is -0.381 e. The highest BCUT2D eigenvalue weighted by atomic mass is 15.4. The summed E-state index contributed by atoms with van der Waals surface area (Å²) in [6.07, 6.45) is 8.29. The minimum absolute atomic E-state index is 0.461. The van der Waals surface area contributed by atoms with Crippen LogP contribution in [0.5, 0.6) is 0 Å². The maximum Gasteiger partial charge on any atom is 0.165 e. The highest BCUT2D eigenvalue weighted by molar-refractivity contribution is 5.19. The Hall–Kier alpha value is -1.58. The van der Waals surface area contributed by atoms with Gasteiger partial charge in [0, 0.05) is 6.54 Å². The molecule has 0 unspecified atom stereocenters. The minimum atomic E-state index is 0.461. The Morgan fingerprint density at radius 3 is 3.08 bits per heavy atom. The van der Waals surface area contributed by atoms with Crippen molar-refractivity contribution < 1.29 is 0 Å². The molecule has 0 saturated heterocycles. The molecule has 2 N–H and O–H groups in total. The molecule has 64 valence electrons. The summed E-state index contributed by atoms with van der Waals surface area (Å²) in [4.78, 5) is 0. The van der Waals surface area contributed by atoms with E-state index in [4.69, 9.17) is 5.73 Å². The van der Waals surface area contributed by atoms with Gasteiger partial charge < -0.3 is 5.73 Å². The van der Waals surface area contributed by atoms with Gasteiger partial charge in [0.2, 0.25) is 0 Å². The fourth-order valence-electron chi connectivity index (χ4n) is 0.822. The van der Waals surface area contributed by atoms with Crippen molar-refractivity contribution in [1.29, 1.82) is 0 Å². The van der Waals surface area contributed by atoms with E-state index < -0.39 is 0 Å². The molecule has 1 rings (SSSR count). The van der Waals surface area contributed by atoms with Crippen molar-refractivity contribution in [3.05, 3.63) is 31.0 Å². The average molecular weight is 164 g/mol. The molecule has 0 amide bonds. The Morgan fingerprint density at radius 1 is 1.67 bits per heavy atom. The number of nitrogen functional groups attached to an aromatic ring is 1. The number of hydrogen-bond donors (Lipinski definition) is 1. The van der Waals surface area contributed by atoms with E-state index in [9.17, 15) is 0 Å². The first-order valence-corrected chi connectivity index (χ1v) is 3.76. The van der Waals surface area contributed by atoms with E-state index in [0.717, 1.165) is 13.0 Å². The van der Waals surface area contributed by atoms with Crippen molar-refractivity contribution >= 4 is 5.82 Å². The van der Waals surface area contributed by atoms with Crippen LogP contribution >= 0.6 is 0 Å². The molecular formula is C8H12N4. The standard InChI is InChI=1S/C8H12N4/c1-2-3-4-5-6-12-7-8(9)10-11-12/h2-4,7H,1,5-6,9H2/b4-3+. The van der Waals surface area contributed by atoms with E-state index in [2.05, 4.69) is 16.9 Å². The van der Waals surface area contributed by atoms with Gasteiger partial charge in [-0.25, -0.2) is 0 Å². The van der Waals surface area contributed by atoms with Gasteiger partial charge in [-0.05, 0) is 6.42 Å². The number of nitrogens with zero attached hydrogens (tertiary/aromatic N) is 3. The number of rotatable bonds is 4. The third-order valence-electron chi connectivity index (χ3n) is 1.35. The van der Waals surface area contributed by atoms with Crippen LogP contribution in [0.25, 0.3) is 0 Å². The third kappa shape index (κ3) is 2.57. The van der Waals surface area contributed by atoms with Crippen LogP contribution in [0.4, 0.5) is 5.82 Å². The number of nitrogens with two attached hydrogens (primary N) is 1. The fraction of sp³-hybridized carbons (Fsp3) is 0.250. The third-order valence-corrected chi connectivity index (χ3v) is 1.35. The summed E-state index contributed by atoms with van der Waals surface area (Å²) in [6.45, 7) is 4.37. The molecule has 0 fully saturated rings. The summed E-state index contributed by atoms with van der Waals surface area (Å²) in [6, 6.07) is 0. The zero-order chi connectivity index (χ0) is 8.81. The Bertz CT molecular complexity index is 274. The Kier molecular flexibility index (Phi) is 3.07. The number of hydrogen-bond acceptors (Lipinski definition) is 3. The molecule has 0 aliphatic carbocycles. The van der Waals surface area contributed by atoms with Crippen molar-refractivity contribution in [3.8, 4) is 0 Å². The predicted octanol–water partition coefficient (Wildman–Crippen LogP) is 0.993. The molecule has 4 heteroatoms. The van der Waals surface area contributed by atoms with Crippen molar-refractivity contribution in [3.63, 3.8) is 0 Å². The van der Waals surface area contributed by atoms with Crippen LogP contribution in [-0.2, 0) is 6.54 Å². The highest BCUT2D eigenvalue weighted by Gasteiger charge is 1.92. The van der Waals surface area contributed by atoms with Gasteiger partial charge >= 0.3 is 0 Å². The fourth-order valence-corrected chi connectivity index (χ4v) is 0.822. The van der Waals surface area contributed by atoms with Crippen LogP contribution in [0.1, 0.15) is 6.42 Å². The van der Waals surface area contributed by atoms with Crippen molar-refractivity contribution in [2.75, 3.05) is 5.73 Å². The monoisotopic (exact) mass is 164 g/mol. The lowest BCUT2D eigenvalue weighted by molar-refractivity contribution is 0.596. The molecule has 0 aliphatic rings. The Balaban J connectivity index is 2.33. The van der Waals surface area contributed by atoms with Gasteiger partial charge in [0.05, 0.1) is 6.20 Å². The van der Waals surface area contributed by atoms with Gasteiger partial charge in [-0.15, -0.1) is 5.10 Å². The van der Waals surface area contributed by atoms with Gasteiger partial charge in [0.25, 0.3) is 0 Å². The van der Waals surface area contributed by atoms with Gasteiger partial charge in [0.15, 0.2) is 5.82 Å². The molecule has 0 atom stereocenters. The second kappa shape index (κ2) is 4.33. The summed E-state index contributed by atoms with van der Waals surface area (Å²) >= 11 is 0. The van der Waals surface area contributed by atoms with Crippen molar-refractivity contribution in [2.24, 2.45) is 0 Å². The molecule has 1 aromatic rings. The molecule has 0 saturated carbocycles. The maximum absolute atomic E-state index is 5.38. The normalized spacial score (nSPS) is 10.7. The zero-order valence-electron chi connectivity index (χ0n) is 6.85. The van der Waals surface area contributed by atoms with E-state index in [1.807, 2.05) is 12.2 Å². The topological polar surface area (TPSA) is 56.7 Å². The lowest BCUT2D eigenvalue weighted by Gasteiger charge is -1.93. The largest absolute Gasteiger partial charge is 0.381 e. The summed E-state index contributed by atoms with van der Waals surface area (Å²) in [5.41, 5.74) is 5.38. The Morgan fingerprint density at radius 2 is 2.50 bits per heavy atom. The van der Waals surface area contributed by atoms with Crippen molar-refractivity contribution in [1.82, 2.24) is 15.0 Å². The molecule has 0 spiro atoms. The molecule has 0 aliphatic heterocycles. The average Bonchev–Trinajstić information content (AvgIpc) is 2.45. The summed E-state index contributed by atoms with van der Waals surface area (Å²) in [5, 5.41) is 7.46. The van der Waals surface area contributed by atoms with Gasteiger partial charge in [-0.1, -0.05) is 30.0 Å². The Labute approximate surface area is 71.4 Å². The van der Waals surface area contributed by atoms with Crippen LogP contribution < -0.4 is 5.73 Å². The van der Waals surface area contributed by atoms with E-state index in [0.29, 0.717) is 5.82 Å². The number of aromatic nitrogens is 3. The summed E-state index contributed by atoms with van der Waals surface area (Å²) in [7, 11) is 0. The number of anilines is 1. The lowest BCUT2D eigenvalue weighted by Crippen LogP contribution is -1.97. The van der Waals surface area contributed by atoms with Crippen LogP contribution in [0.3, 0.4) is 0 Å². The van der Waals surface area contributed by atoms with Crippen LogP contribution in [0.15, 0.2) is 31.0 Å². The zero-order valence-corrected chi connectivity index (χ0v) is 6.85. The lowest BCUT2D eigenvalue weighted by atomic mass is 10.4. The highest BCUT2D eigenvalue weighted by Crippen LogP contribution is 1.94. The van der Waals surface area contributed by atoms with Gasteiger partial charge in [-0.3, -0.25) is 4.68 Å². The number of allylic oxidation sites excluding steroid dienone is 3. The van der Waals surface area contributed by atoms with E-state index in [1.165, 1.54) is 0 Å². The molecular weight excluding hydrogens is 152 g/mol. The molecule has 4 nitrogen and oxygen atoms in total. The first-order valence-electron chi connectivity index (χ1n) is 3.76. The summed E-state index contributed by atoms with van der Waals surface area (Å²) < 4.78 is 1.71. The van der Waals surface area contributed by atoms with Crippen LogP contribution in [0, 0.1) is 0 Å². The van der Waals surface area contributed by atoms with Crippen LogP contribution in [-0.4, -0.2) is 15.0 Å². The first kappa shape index (κ1) is 8.52. The number of aryl methyl sites for hydroxylation is 1. The second-order valence-corrected chi connectivity index (χ2v) is 2.36. The molecule has 1 heterocycles. The van der Waals surface area contributed by atoms with Crippen molar-refractivity contribution in [2.45, 2.75) is 13.0 Å². The molecule has 1 aromatic heterocycles. The molecule has 0 bridgehead atoms. The maximum atomic E-state index is 5.38.